The van der Waals surface area contributed by atoms with Crippen molar-refractivity contribution in [2.24, 2.45) is 5.41 Å². The molecule has 0 aromatic carbocycles. The lowest BCUT2D eigenvalue weighted by Gasteiger charge is -2.55. The molecule has 2 heterocycles. The molecule has 2 unspecified atom stereocenters. The van der Waals surface area contributed by atoms with Crippen molar-refractivity contribution < 1.29 is 5.11 Å². The summed E-state index contributed by atoms with van der Waals surface area (Å²) in [5, 5.41) is 9.79. The van der Waals surface area contributed by atoms with Crippen molar-refractivity contribution in [3.05, 3.63) is 0 Å². The van der Waals surface area contributed by atoms with Gasteiger partial charge in [-0.3, -0.25) is 0 Å². The van der Waals surface area contributed by atoms with Gasteiger partial charge in [-0.25, -0.2) is 0 Å². The van der Waals surface area contributed by atoms with E-state index in [1.807, 2.05) is 0 Å². The Bertz CT molecular complexity index is 198. The summed E-state index contributed by atoms with van der Waals surface area (Å²) in [7, 11) is 2.22. The van der Waals surface area contributed by atoms with E-state index >= 15 is 0 Å². The van der Waals surface area contributed by atoms with Crippen molar-refractivity contribution in [2.45, 2.75) is 43.9 Å². The number of aliphatic hydroxyl groups is 1. The molecule has 2 saturated heterocycles. The number of hydrogen-bond acceptors (Lipinski definition) is 2. The molecule has 0 aromatic rings. The third kappa shape index (κ3) is 0.574. The highest BCUT2D eigenvalue weighted by molar-refractivity contribution is 5.14. The van der Waals surface area contributed by atoms with Crippen LogP contribution in [0.15, 0.2) is 0 Å². The maximum atomic E-state index is 9.79. The number of rotatable bonds is 0. The van der Waals surface area contributed by atoms with Gasteiger partial charge in [-0.1, -0.05) is 0 Å². The minimum atomic E-state index is 0.0219. The summed E-state index contributed by atoms with van der Waals surface area (Å²) in [5.41, 5.74) is 0.391. The van der Waals surface area contributed by atoms with E-state index in [4.69, 9.17) is 0 Å². The molecule has 4 rings (SSSR count). The molecule has 2 aliphatic carbocycles. The summed E-state index contributed by atoms with van der Waals surface area (Å²) in [5.74, 6) is 0. The Hall–Kier alpha value is -0.0800. The highest BCUT2D eigenvalue weighted by atomic mass is 16.3. The van der Waals surface area contributed by atoms with Crippen molar-refractivity contribution in [3.8, 4) is 0 Å². The van der Waals surface area contributed by atoms with Crippen LogP contribution in [0.25, 0.3) is 0 Å². The summed E-state index contributed by atoms with van der Waals surface area (Å²) in [6.45, 7) is 0. The van der Waals surface area contributed by atoms with Gasteiger partial charge < -0.3 is 10.0 Å². The zero-order valence-electron chi connectivity index (χ0n) is 6.95. The largest absolute Gasteiger partial charge is 0.392 e. The molecule has 4 fully saturated rings. The Kier molecular flexibility index (Phi) is 0.961. The number of piperidine rings is 2. The highest BCUT2D eigenvalue weighted by Crippen LogP contribution is 2.60. The molecule has 2 atom stereocenters. The van der Waals surface area contributed by atoms with Gasteiger partial charge in [-0.15, -0.1) is 0 Å². The fourth-order valence-electron chi connectivity index (χ4n) is 3.41. The predicted octanol–water partition coefficient (Wildman–Crippen LogP) is 0.604. The van der Waals surface area contributed by atoms with Gasteiger partial charge in [0.15, 0.2) is 0 Å². The standard InChI is InChI=1S/C9H15NO/c1-10-6-2-8(11)9(3-6)4-7(10)5-9/h6-8,11H,2-5H2,1H3. The van der Waals surface area contributed by atoms with E-state index in [-0.39, 0.29) is 6.10 Å². The Morgan fingerprint density at radius 2 is 1.91 bits per heavy atom. The molecule has 1 N–H and O–H groups in total. The molecular formula is C9H15NO. The van der Waals surface area contributed by atoms with Crippen molar-refractivity contribution in [1.29, 1.82) is 0 Å². The van der Waals surface area contributed by atoms with Crippen molar-refractivity contribution in [2.75, 3.05) is 7.05 Å². The Morgan fingerprint density at radius 1 is 1.27 bits per heavy atom. The molecule has 11 heavy (non-hydrogen) atoms. The van der Waals surface area contributed by atoms with Crippen molar-refractivity contribution in [3.63, 3.8) is 0 Å². The molecule has 4 aliphatic rings. The molecule has 1 spiro atoms. The molecule has 2 nitrogen and oxygen atoms in total. The van der Waals surface area contributed by atoms with E-state index in [0.717, 1.165) is 12.5 Å². The molecule has 2 aliphatic heterocycles. The van der Waals surface area contributed by atoms with Crippen LogP contribution in [-0.4, -0.2) is 35.2 Å². The fraction of sp³-hybridized carbons (Fsp3) is 1.00. The third-order valence-corrected chi connectivity index (χ3v) is 4.28. The average molecular weight is 153 g/mol. The van der Waals surface area contributed by atoms with Crippen LogP contribution in [0.5, 0.6) is 0 Å². The Balaban J connectivity index is 1.97. The minimum Gasteiger partial charge on any atom is -0.392 e. The Labute approximate surface area is 67.2 Å². The lowest BCUT2D eigenvalue weighted by Crippen LogP contribution is -2.57. The summed E-state index contributed by atoms with van der Waals surface area (Å²) in [4.78, 5) is 2.48. The molecule has 2 saturated carbocycles. The van der Waals surface area contributed by atoms with Gasteiger partial charge in [0.2, 0.25) is 0 Å². The maximum absolute atomic E-state index is 9.79. The fourth-order valence-corrected chi connectivity index (χ4v) is 3.41. The van der Waals surface area contributed by atoms with E-state index in [9.17, 15) is 5.11 Å². The Morgan fingerprint density at radius 3 is 2.55 bits per heavy atom. The number of hydrogen-bond donors (Lipinski definition) is 1. The lowest BCUT2D eigenvalue weighted by molar-refractivity contribution is -0.0869. The van der Waals surface area contributed by atoms with Crippen LogP contribution in [-0.2, 0) is 0 Å². The van der Waals surface area contributed by atoms with E-state index in [1.165, 1.54) is 19.3 Å². The summed E-state index contributed by atoms with van der Waals surface area (Å²) >= 11 is 0. The second-order valence-corrected chi connectivity index (χ2v) is 4.70. The predicted molar refractivity (Wildman–Crippen MR) is 42.2 cm³/mol. The molecule has 0 aromatic heterocycles. The van der Waals surface area contributed by atoms with Crippen LogP contribution in [0, 0.1) is 5.41 Å². The third-order valence-electron chi connectivity index (χ3n) is 4.28. The van der Waals surface area contributed by atoms with Gasteiger partial charge in [0.25, 0.3) is 0 Å². The van der Waals surface area contributed by atoms with E-state index in [2.05, 4.69) is 11.9 Å². The molecule has 3 bridgehead atoms. The molecule has 62 valence electrons. The van der Waals surface area contributed by atoms with Gasteiger partial charge >= 0.3 is 0 Å². The highest BCUT2D eigenvalue weighted by Gasteiger charge is 2.61. The zero-order chi connectivity index (χ0) is 7.64. The second-order valence-electron chi connectivity index (χ2n) is 4.70. The summed E-state index contributed by atoms with van der Waals surface area (Å²) in [6.07, 6.45) is 4.85. The normalized spacial score (nSPS) is 61.1. The van der Waals surface area contributed by atoms with Gasteiger partial charge in [0.1, 0.15) is 0 Å². The van der Waals surface area contributed by atoms with Gasteiger partial charge in [0, 0.05) is 17.5 Å². The van der Waals surface area contributed by atoms with Crippen molar-refractivity contribution in [1.82, 2.24) is 4.90 Å². The zero-order valence-corrected chi connectivity index (χ0v) is 6.95. The second kappa shape index (κ2) is 1.64. The van der Waals surface area contributed by atoms with Crippen LogP contribution in [0.1, 0.15) is 25.7 Å². The molecule has 0 radical (unpaired) electrons. The minimum absolute atomic E-state index is 0.0219. The first-order valence-electron chi connectivity index (χ1n) is 4.61. The molecular weight excluding hydrogens is 138 g/mol. The van der Waals surface area contributed by atoms with Crippen LogP contribution in [0.3, 0.4) is 0 Å². The van der Waals surface area contributed by atoms with Gasteiger partial charge in [0.05, 0.1) is 6.10 Å². The quantitative estimate of drug-likeness (QED) is 0.551. The van der Waals surface area contributed by atoms with Crippen molar-refractivity contribution >= 4 is 0 Å². The van der Waals surface area contributed by atoms with Crippen LogP contribution in [0.4, 0.5) is 0 Å². The monoisotopic (exact) mass is 153 g/mol. The first kappa shape index (κ1) is 6.44. The average Bonchev–Trinajstić information content (AvgIpc) is 2.14. The summed E-state index contributed by atoms with van der Waals surface area (Å²) in [6, 6.07) is 1.52. The number of nitrogens with zero attached hydrogens (tertiary/aromatic N) is 1. The number of aliphatic hydroxyl groups excluding tert-OH is 1. The first-order chi connectivity index (χ1) is 5.21. The van der Waals surface area contributed by atoms with E-state index < -0.39 is 0 Å². The molecule has 2 heteroatoms. The lowest BCUT2D eigenvalue weighted by atomic mass is 9.60. The van der Waals surface area contributed by atoms with Gasteiger partial charge in [-0.05, 0) is 32.7 Å². The van der Waals surface area contributed by atoms with Crippen LogP contribution in [0.2, 0.25) is 0 Å². The molecule has 0 amide bonds. The first-order valence-corrected chi connectivity index (χ1v) is 4.61. The van der Waals surface area contributed by atoms with E-state index in [0.29, 0.717) is 11.5 Å². The van der Waals surface area contributed by atoms with Crippen LogP contribution < -0.4 is 0 Å². The maximum Gasteiger partial charge on any atom is 0.0613 e. The van der Waals surface area contributed by atoms with Crippen LogP contribution >= 0.6 is 0 Å². The van der Waals surface area contributed by atoms with E-state index in [1.54, 1.807) is 0 Å². The smallest absolute Gasteiger partial charge is 0.0613 e. The topological polar surface area (TPSA) is 23.5 Å². The summed E-state index contributed by atoms with van der Waals surface area (Å²) < 4.78 is 0. The van der Waals surface area contributed by atoms with Gasteiger partial charge in [-0.2, -0.15) is 0 Å². The SMILES string of the molecule is CN1C2CC(O)C3(C2)CC1C3.